The van der Waals surface area contributed by atoms with Crippen molar-refractivity contribution in [1.82, 2.24) is 5.32 Å². The van der Waals surface area contributed by atoms with Crippen molar-refractivity contribution < 1.29 is 14.8 Å². The Morgan fingerprint density at radius 2 is 1.84 bits per heavy atom. The minimum atomic E-state index is -1.27. The van der Waals surface area contributed by atoms with Crippen LogP contribution in [0.15, 0.2) is 30.3 Å². The summed E-state index contributed by atoms with van der Waals surface area (Å²) in [7, 11) is 0. The first-order valence-electron chi connectivity index (χ1n) is 5.91. The van der Waals surface area contributed by atoms with Gasteiger partial charge in [0.25, 0.3) is 0 Å². The number of nitrogens with zero attached hydrogens (tertiary/aromatic N) is 1. The Morgan fingerprint density at radius 1 is 1.32 bits per heavy atom. The van der Waals surface area contributed by atoms with Gasteiger partial charge in [0.05, 0.1) is 0 Å². The summed E-state index contributed by atoms with van der Waals surface area (Å²) in [6.45, 7) is 5.17. The fraction of sp³-hybridized carbons (Fsp3) is 0.462. The SMILES string of the molecule is CC(C)(C)C(C(NC(=O)O)c1ccccc1)[N+](=O)[O-]. The van der Waals surface area contributed by atoms with Crippen LogP contribution >= 0.6 is 0 Å². The van der Waals surface area contributed by atoms with Gasteiger partial charge >= 0.3 is 6.09 Å². The molecule has 2 N–H and O–H groups in total. The van der Waals surface area contributed by atoms with Gasteiger partial charge in [-0.3, -0.25) is 10.1 Å². The Labute approximate surface area is 111 Å². The molecule has 2 atom stereocenters. The van der Waals surface area contributed by atoms with Crippen LogP contribution in [-0.4, -0.2) is 22.2 Å². The smallest absolute Gasteiger partial charge is 0.405 e. The molecule has 0 bridgehead atoms. The number of hydrogen-bond acceptors (Lipinski definition) is 3. The van der Waals surface area contributed by atoms with Gasteiger partial charge in [0, 0.05) is 10.3 Å². The first kappa shape index (κ1) is 14.9. The maximum atomic E-state index is 11.3. The van der Waals surface area contributed by atoms with Crippen LogP contribution in [0, 0.1) is 15.5 Å². The molecule has 1 aromatic rings. The highest BCUT2D eigenvalue weighted by molar-refractivity contribution is 5.65. The maximum Gasteiger partial charge on any atom is 0.405 e. The van der Waals surface area contributed by atoms with E-state index in [9.17, 15) is 14.9 Å². The molecule has 0 heterocycles. The molecule has 0 radical (unpaired) electrons. The summed E-state index contributed by atoms with van der Waals surface area (Å²) < 4.78 is 0. The standard InChI is InChI=1S/C13H18N2O4/c1-13(2,3)11(15(18)19)10(14-12(16)17)9-7-5-4-6-8-9/h4-8,10-11,14H,1-3H3,(H,16,17). The van der Waals surface area contributed by atoms with Crippen molar-refractivity contribution in [2.75, 3.05) is 0 Å². The third-order valence-corrected chi connectivity index (χ3v) is 2.87. The van der Waals surface area contributed by atoms with Crippen LogP contribution in [0.4, 0.5) is 4.79 Å². The van der Waals surface area contributed by atoms with Crippen molar-refractivity contribution in [3.8, 4) is 0 Å². The van der Waals surface area contributed by atoms with E-state index in [0.717, 1.165) is 0 Å². The van der Waals surface area contributed by atoms with Crippen molar-refractivity contribution in [3.05, 3.63) is 46.0 Å². The predicted molar refractivity (Wildman–Crippen MR) is 70.6 cm³/mol. The monoisotopic (exact) mass is 266 g/mol. The van der Waals surface area contributed by atoms with E-state index in [1.165, 1.54) is 0 Å². The Hall–Kier alpha value is -2.11. The molecule has 0 aliphatic heterocycles. The highest BCUT2D eigenvalue weighted by Gasteiger charge is 2.43. The lowest BCUT2D eigenvalue weighted by Gasteiger charge is -2.30. The molecule has 6 nitrogen and oxygen atoms in total. The summed E-state index contributed by atoms with van der Waals surface area (Å²) in [6, 6.07) is 6.67. The third kappa shape index (κ3) is 3.94. The number of benzene rings is 1. The van der Waals surface area contributed by atoms with E-state index < -0.39 is 28.5 Å². The minimum absolute atomic E-state index is 0.423. The lowest BCUT2D eigenvalue weighted by molar-refractivity contribution is -0.545. The number of hydrogen-bond donors (Lipinski definition) is 2. The molecule has 1 aromatic carbocycles. The average molecular weight is 266 g/mol. The number of nitrogens with one attached hydrogen (secondary N) is 1. The van der Waals surface area contributed by atoms with Crippen LogP contribution in [0.3, 0.4) is 0 Å². The number of nitro groups is 1. The molecule has 0 fully saturated rings. The highest BCUT2D eigenvalue weighted by atomic mass is 16.6. The minimum Gasteiger partial charge on any atom is -0.465 e. The molecule has 0 aliphatic carbocycles. The Kier molecular flexibility index (Phi) is 4.47. The van der Waals surface area contributed by atoms with Crippen molar-refractivity contribution >= 4 is 6.09 Å². The second-order valence-electron chi connectivity index (χ2n) is 5.43. The zero-order valence-electron chi connectivity index (χ0n) is 11.2. The summed E-state index contributed by atoms with van der Waals surface area (Å²) in [5.41, 5.74) is -0.0894. The molecule has 6 heteroatoms. The van der Waals surface area contributed by atoms with Gasteiger partial charge in [-0.15, -0.1) is 0 Å². The van der Waals surface area contributed by atoms with Crippen LogP contribution in [0.25, 0.3) is 0 Å². The van der Waals surface area contributed by atoms with E-state index in [0.29, 0.717) is 5.56 Å². The predicted octanol–water partition coefficient (Wildman–Crippen LogP) is 2.69. The second kappa shape index (κ2) is 5.69. The van der Waals surface area contributed by atoms with Gasteiger partial charge in [0.1, 0.15) is 6.04 Å². The zero-order chi connectivity index (χ0) is 14.6. The number of rotatable bonds is 4. The Morgan fingerprint density at radius 3 is 2.21 bits per heavy atom. The van der Waals surface area contributed by atoms with Crippen LogP contribution in [0.5, 0.6) is 0 Å². The van der Waals surface area contributed by atoms with Gasteiger partial charge in [-0.25, -0.2) is 4.79 Å². The molecule has 0 saturated heterocycles. The Bertz CT molecular complexity index is 453. The van der Waals surface area contributed by atoms with Crippen LogP contribution in [-0.2, 0) is 0 Å². The summed E-state index contributed by atoms with van der Waals surface area (Å²) in [5, 5.41) is 22.5. The van der Waals surface area contributed by atoms with E-state index in [4.69, 9.17) is 5.11 Å². The first-order valence-corrected chi connectivity index (χ1v) is 5.91. The van der Waals surface area contributed by atoms with Crippen LogP contribution in [0.1, 0.15) is 32.4 Å². The molecular weight excluding hydrogens is 248 g/mol. The lowest BCUT2D eigenvalue weighted by Crippen LogP contribution is -2.46. The molecule has 0 aromatic heterocycles. The molecule has 1 amide bonds. The fourth-order valence-corrected chi connectivity index (χ4v) is 2.08. The number of carboxylic acid groups (broad SMARTS) is 1. The van der Waals surface area contributed by atoms with Crippen molar-refractivity contribution in [2.45, 2.75) is 32.9 Å². The Balaban J connectivity index is 3.22. The molecule has 19 heavy (non-hydrogen) atoms. The van der Waals surface area contributed by atoms with E-state index in [1.807, 2.05) is 0 Å². The summed E-state index contributed by atoms with van der Waals surface area (Å²) in [4.78, 5) is 21.8. The summed E-state index contributed by atoms with van der Waals surface area (Å²) >= 11 is 0. The van der Waals surface area contributed by atoms with Gasteiger partial charge in [0.2, 0.25) is 6.04 Å². The summed E-state index contributed by atoms with van der Waals surface area (Å²) in [6.07, 6.45) is -1.27. The van der Waals surface area contributed by atoms with E-state index in [1.54, 1.807) is 51.1 Å². The quantitative estimate of drug-likeness (QED) is 0.647. The van der Waals surface area contributed by atoms with Gasteiger partial charge in [-0.05, 0) is 5.56 Å². The van der Waals surface area contributed by atoms with Gasteiger partial charge in [0.15, 0.2) is 0 Å². The maximum absolute atomic E-state index is 11.3. The molecule has 2 unspecified atom stereocenters. The molecule has 1 rings (SSSR count). The fourth-order valence-electron chi connectivity index (χ4n) is 2.08. The van der Waals surface area contributed by atoms with Crippen LogP contribution in [0.2, 0.25) is 0 Å². The molecular formula is C13H18N2O4. The normalized spacial score (nSPS) is 14.5. The number of amides is 1. The van der Waals surface area contributed by atoms with Gasteiger partial charge in [-0.2, -0.15) is 0 Å². The van der Waals surface area contributed by atoms with Crippen molar-refractivity contribution in [3.63, 3.8) is 0 Å². The lowest BCUT2D eigenvalue weighted by atomic mass is 9.80. The van der Waals surface area contributed by atoms with E-state index >= 15 is 0 Å². The molecule has 0 spiro atoms. The largest absolute Gasteiger partial charge is 0.465 e. The topological polar surface area (TPSA) is 92.5 Å². The molecule has 104 valence electrons. The molecule has 0 saturated carbocycles. The highest BCUT2D eigenvalue weighted by Crippen LogP contribution is 2.32. The number of carbonyl (C=O) groups is 1. The second-order valence-corrected chi connectivity index (χ2v) is 5.43. The zero-order valence-corrected chi connectivity index (χ0v) is 11.2. The summed E-state index contributed by atoms with van der Waals surface area (Å²) in [5.74, 6) is 0. The van der Waals surface area contributed by atoms with Gasteiger partial charge < -0.3 is 10.4 Å². The molecule has 0 aliphatic rings. The van der Waals surface area contributed by atoms with Crippen molar-refractivity contribution in [1.29, 1.82) is 0 Å². The van der Waals surface area contributed by atoms with Crippen LogP contribution < -0.4 is 5.32 Å². The third-order valence-electron chi connectivity index (χ3n) is 2.87. The van der Waals surface area contributed by atoms with Crippen molar-refractivity contribution in [2.24, 2.45) is 5.41 Å². The van der Waals surface area contributed by atoms with E-state index in [2.05, 4.69) is 5.32 Å². The average Bonchev–Trinajstić information content (AvgIpc) is 2.26. The first-order chi connectivity index (χ1) is 8.73. The van der Waals surface area contributed by atoms with Gasteiger partial charge in [-0.1, -0.05) is 51.1 Å². The van der Waals surface area contributed by atoms with E-state index in [-0.39, 0.29) is 0 Å².